The molecule has 170 valence electrons. The molecule has 2 fully saturated rings. The summed E-state index contributed by atoms with van der Waals surface area (Å²) in [4.78, 5) is 26.0. The Bertz CT molecular complexity index is 1070. The van der Waals surface area contributed by atoms with Crippen LogP contribution in [0.15, 0.2) is 39.6 Å². The standard InChI is InChI=1S/C24H30BrN5O2/c1-24(2,3)32-23(31)29-11-14-8-17(9-14)27-12-18(22(26)15-4-5-15)21-13-28-19-7-6-16(25)10-20(19)30-21/h6-7,10,12-15,17H,4-5,8-9,11,26H2,1-3H3,(H,29,31). The van der Waals surface area contributed by atoms with Crippen LogP contribution in [0, 0.1) is 11.8 Å². The molecule has 1 amide bonds. The first kappa shape index (κ1) is 22.7. The van der Waals surface area contributed by atoms with Crippen molar-refractivity contribution in [2.24, 2.45) is 22.6 Å². The van der Waals surface area contributed by atoms with Crippen molar-refractivity contribution in [3.05, 3.63) is 40.3 Å². The second-order valence-electron chi connectivity index (χ2n) is 9.68. The lowest BCUT2D eigenvalue weighted by molar-refractivity contribution is 0.0507. The molecule has 2 aliphatic carbocycles. The van der Waals surface area contributed by atoms with Crippen molar-refractivity contribution < 1.29 is 9.53 Å². The summed E-state index contributed by atoms with van der Waals surface area (Å²) in [7, 11) is 0. The molecular weight excluding hydrogens is 470 g/mol. The van der Waals surface area contributed by atoms with Crippen LogP contribution in [-0.4, -0.2) is 40.5 Å². The number of ether oxygens (including phenoxy) is 1. The summed E-state index contributed by atoms with van der Waals surface area (Å²) < 4.78 is 6.25. The van der Waals surface area contributed by atoms with Crippen molar-refractivity contribution in [2.75, 3.05) is 6.54 Å². The van der Waals surface area contributed by atoms with Crippen molar-refractivity contribution in [3.8, 4) is 0 Å². The molecule has 0 atom stereocenters. The molecule has 1 heterocycles. The van der Waals surface area contributed by atoms with Gasteiger partial charge >= 0.3 is 6.09 Å². The smallest absolute Gasteiger partial charge is 0.407 e. The van der Waals surface area contributed by atoms with Gasteiger partial charge in [-0.25, -0.2) is 9.78 Å². The summed E-state index contributed by atoms with van der Waals surface area (Å²) in [5.41, 5.74) is 10.1. The topological polar surface area (TPSA) is 102 Å². The number of rotatable bonds is 6. The lowest BCUT2D eigenvalue weighted by atomic mass is 9.80. The van der Waals surface area contributed by atoms with E-state index in [0.717, 1.165) is 58.2 Å². The molecule has 2 aliphatic rings. The van der Waals surface area contributed by atoms with Crippen LogP contribution in [0.3, 0.4) is 0 Å². The largest absolute Gasteiger partial charge is 0.444 e. The first-order valence-corrected chi connectivity index (χ1v) is 11.9. The van der Waals surface area contributed by atoms with Crippen LogP contribution >= 0.6 is 15.9 Å². The SMILES string of the molecule is CC(C)(C)OC(=O)NCC1CC(N=CC(=C(N)C2CC2)c2cnc3ccc(Br)cc3n2)C1. The normalized spacial score (nSPS) is 21.9. The van der Waals surface area contributed by atoms with Gasteiger partial charge in [0.2, 0.25) is 0 Å². The van der Waals surface area contributed by atoms with Crippen molar-refractivity contribution in [1.82, 2.24) is 15.3 Å². The average Bonchev–Trinajstić information content (AvgIpc) is 3.52. The van der Waals surface area contributed by atoms with Crippen LogP contribution in [0.2, 0.25) is 0 Å². The second-order valence-corrected chi connectivity index (χ2v) is 10.6. The molecule has 0 unspecified atom stereocenters. The molecule has 1 aromatic carbocycles. The van der Waals surface area contributed by atoms with E-state index < -0.39 is 5.60 Å². The number of hydrogen-bond acceptors (Lipinski definition) is 6. The Labute approximate surface area is 197 Å². The first-order valence-electron chi connectivity index (χ1n) is 11.1. The number of benzene rings is 1. The Morgan fingerprint density at radius 1 is 1.31 bits per heavy atom. The number of aliphatic imine (C=N–C) groups is 1. The predicted molar refractivity (Wildman–Crippen MR) is 130 cm³/mol. The summed E-state index contributed by atoms with van der Waals surface area (Å²) in [6.07, 6.45) is 7.37. The van der Waals surface area contributed by atoms with Gasteiger partial charge in [0.25, 0.3) is 0 Å². The van der Waals surface area contributed by atoms with E-state index in [2.05, 4.69) is 26.2 Å². The van der Waals surface area contributed by atoms with Crippen LogP contribution in [0.4, 0.5) is 4.79 Å². The van der Waals surface area contributed by atoms with Gasteiger partial charge in [0, 0.05) is 28.5 Å². The molecule has 0 aliphatic heterocycles. The van der Waals surface area contributed by atoms with E-state index in [1.165, 1.54) is 0 Å². The Morgan fingerprint density at radius 2 is 2.06 bits per heavy atom. The lowest BCUT2D eigenvalue weighted by Crippen LogP contribution is -2.40. The molecule has 0 radical (unpaired) electrons. The number of amides is 1. The minimum absolute atomic E-state index is 0.227. The fourth-order valence-corrected chi connectivity index (χ4v) is 4.08. The number of carbonyl (C=O) groups is 1. The van der Waals surface area contributed by atoms with Crippen molar-refractivity contribution in [1.29, 1.82) is 0 Å². The summed E-state index contributed by atoms with van der Waals surface area (Å²) in [6, 6.07) is 6.09. The Morgan fingerprint density at radius 3 is 2.75 bits per heavy atom. The van der Waals surface area contributed by atoms with Crippen LogP contribution in [0.1, 0.15) is 52.1 Å². The zero-order chi connectivity index (χ0) is 22.9. The van der Waals surface area contributed by atoms with Gasteiger partial charge in [0.15, 0.2) is 0 Å². The number of allylic oxidation sites excluding steroid dienone is 2. The Kier molecular flexibility index (Phi) is 6.51. The molecule has 0 bridgehead atoms. The lowest BCUT2D eigenvalue weighted by Gasteiger charge is -2.33. The zero-order valence-corrected chi connectivity index (χ0v) is 20.4. The number of carbonyl (C=O) groups excluding carboxylic acids is 1. The summed E-state index contributed by atoms with van der Waals surface area (Å²) in [5.74, 6) is 0.819. The summed E-state index contributed by atoms with van der Waals surface area (Å²) in [6.45, 7) is 6.19. The van der Waals surface area contributed by atoms with Gasteiger partial charge in [-0.05, 0) is 76.5 Å². The number of hydrogen-bond donors (Lipinski definition) is 2. The maximum Gasteiger partial charge on any atom is 0.407 e. The van der Waals surface area contributed by atoms with Gasteiger partial charge < -0.3 is 15.8 Å². The average molecular weight is 500 g/mol. The number of halogens is 1. The molecule has 1 aromatic heterocycles. The molecule has 8 heteroatoms. The van der Waals surface area contributed by atoms with Gasteiger partial charge in [-0.2, -0.15) is 0 Å². The van der Waals surface area contributed by atoms with E-state index in [4.69, 9.17) is 20.4 Å². The fraction of sp³-hybridized carbons (Fsp3) is 0.500. The maximum absolute atomic E-state index is 11.8. The number of nitrogens with two attached hydrogens (primary N) is 1. The minimum atomic E-state index is -0.484. The van der Waals surface area contributed by atoms with Crippen LogP contribution in [0.5, 0.6) is 0 Å². The van der Waals surface area contributed by atoms with Crippen molar-refractivity contribution >= 4 is 44.8 Å². The zero-order valence-electron chi connectivity index (χ0n) is 18.8. The van der Waals surface area contributed by atoms with E-state index in [0.29, 0.717) is 18.4 Å². The van der Waals surface area contributed by atoms with Gasteiger partial charge in [-0.15, -0.1) is 0 Å². The molecule has 0 spiro atoms. The number of nitrogens with one attached hydrogen (secondary N) is 1. The van der Waals surface area contributed by atoms with E-state index >= 15 is 0 Å². The van der Waals surface area contributed by atoms with Crippen LogP contribution in [-0.2, 0) is 4.74 Å². The van der Waals surface area contributed by atoms with E-state index in [1.54, 1.807) is 6.20 Å². The van der Waals surface area contributed by atoms with Gasteiger partial charge in [-0.3, -0.25) is 9.98 Å². The Hall–Kier alpha value is -2.48. The molecule has 2 aromatic rings. The molecule has 7 nitrogen and oxygen atoms in total. The summed E-state index contributed by atoms with van der Waals surface area (Å²) >= 11 is 3.50. The third kappa shape index (κ3) is 5.85. The summed E-state index contributed by atoms with van der Waals surface area (Å²) in [5, 5.41) is 2.85. The van der Waals surface area contributed by atoms with Gasteiger partial charge in [-0.1, -0.05) is 15.9 Å². The Balaban J connectivity index is 1.40. The maximum atomic E-state index is 11.8. The number of aromatic nitrogens is 2. The van der Waals surface area contributed by atoms with Crippen LogP contribution < -0.4 is 11.1 Å². The molecule has 2 saturated carbocycles. The van der Waals surface area contributed by atoms with E-state index in [-0.39, 0.29) is 12.1 Å². The minimum Gasteiger partial charge on any atom is -0.444 e. The highest BCUT2D eigenvalue weighted by Crippen LogP contribution is 2.37. The highest BCUT2D eigenvalue weighted by Gasteiger charge is 2.30. The van der Waals surface area contributed by atoms with Crippen molar-refractivity contribution in [2.45, 2.75) is 58.1 Å². The highest BCUT2D eigenvalue weighted by molar-refractivity contribution is 9.10. The van der Waals surface area contributed by atoms with Gasteiger partial charge in [0.1, 0.15) is 5.60 Å². The number of nitrogens with zero attached hydrogens (tertiary/aromatic N) is 3. The molecule has 0 saturated heterocycles. The number of fused-ring (bicyclic) bond motifs is 1. The van der Waals surface area contributed by atoms with Gasteiger partial charge in [0.05, 0.1) is 29.0 Å². The molecule has 3 N–H and O–H groups in total. The van der Waals surface area contributed by atoms with E-state index in [9.17, 15) is 4.79 Å². The quantitative estimate of drug-likeness (QED) is 0.553. The third-order valence-electron chi connectivity index (χ3n) is 5.67. The highest BCUT2D eigenvalue weighted by atomic mass is 79.9. The van der Waals surface area contributed by atoms with E-state index in [1.807, 2.05) is 45.2 Å². The van der Waals surface area contributed by atoms with Crippen LogP contribution in [0.25, 0.3) is 16.6 Å². The third-order valence-corrected chi connectivity index (χ3v) is 6.16. The second kappa shape index (κ2) is 9.17. The molecule has 32 heavy (non-hydrogen) atoms. The fourth-order valence-electron chi connectivity index (χ4n) is 3.73. The predicted octanol–water partition coefficient (Wildman–Crippen LogP) is 4.85. The monoisotopic (exact) mass is 499 g/mol. The molecule has 4 rings (SSSR count). The first-order chi connectivity index (χ1) is 15.2. The molecular formula is C24H30BrN5O2. The van der Waals surface area contributed by atoms with Crippen molar-refractivity contribution in [3.63, 3.8) is 0 Å². The number of alkyl carbamates (subject to hydrolysis) is 1.